The standard InChI is InChI=1S/C29H33F5N6O3/c1-26(2,3)18-4-6-20(7-5-18)40(24(42)22-14-21(41)16-39(22)17-35)28(29(32,33)34,23-15-36-12-13-37-23)25(43)38-19-8-10-27(30,31)11-9-19/h4-7,12-13,15,19,21-22,41H,8-11,14,16H2,1-3H3,(H,38,43)/t21-,22-,28?/m1/s1. The first kappa shape index (κ1) is 32.1. The van der Waals surface area contributed by atoms with Gasteiger partial charge in [-0.2, -0.15) is 18.4 Å². The largest absolute Gasteiger partial charge is 0.427 e. The number of carbonyl (C=O) groups is 2. The fourth-order valence-electron chi connectivity index (χ4n) is 5.60. The molecule has 1 aliphatic heterocycles. The van der Waals surface area contributed by atoms with E-state index in [1.807, 2.05) is 20.8 Å². The Morgan fingerprint density at radius 1 is 1.12 bits per heavy atom. The number of hydrogen-bond acceptors (Lipinski definition) is 7. The molecule has 2 aromatic rings. The molecule has 2 fully saturated rings. The zero-order valence-electron chi connectivity index (χ0n) is 23.9. The highest BCUT2D eigenvalue weighted by Gasteiger charge is 2.69. The van der Waals surface area contributed by atoms with Gasteiger partial charge in [-0.25, -0.2) is 8.78 Å². The first-order valence-electron chi connectivity index (χ1n) is 13.8. The molecule has 2 aliphatic rings. The van der Waals surface area contributed by atoms with Crippen LogP contribution in [0.15, 0.2) is 42.9 Å². The van der Waals surface area contributed by atoms with Crippen LogP contribution in [0.3, 0.4) is 0 Å². The molecule has 1 unspecified atom stereocenters. The molecule has 1 saturated carbocycles. The van der Waals surface area contributed by atoms with E-state index in [-0.39, 0.29) is 36.4 Å². The van der Waals surface area contributed by atoms with Crippen molar-refractivity contribution in [3.05, 3.63) is 54.1 Å². The van der Waals surface area contributed by atoms with Gasteiger partial charge in [0.1, 0.15) is 11.7 Å². The molecule has 1 aromatic heterocycles. The van der Waals surface area contributed by atoms with Crippen molar-refractivity contribution in [3.63, 3.8) is 0 Å². The Morgan fingerprint density at radius 2 is 1.74 bits per heavy atom. The fraction of sp³-hybridized carbons (Fsp3) is 0.552. The minimum Gasteiger partial charge on any atom is -0.391 e. The lowest BCUT2D eigenvalue weighted by atomic mass is 9.85. The number of hydrogen-bond donors (Lipinski definition) is 2. The first-order valence-corrected chi connectivity index (χ1v) is 13.8. The maximum absolute atomic E-state index is 15.7. The predicted octanol–water partition coefficient (Wildman–Crippen LogP) is 4.18. The van der Waals surface area contributed by atoms with Gasteiger partial charge in [0.15, 0.2) is 6.19 Å². The number of alkyl halides is 5. The zero-order chi connectivity index (χ0) is 31.8. The van der Waals surface area contributed by atoms with Crippen molar-refractivity contribution in [3.8, 4) is 6.19 Å². The van der Waals surface area contributed by atoms with Crippen LogP contribution in [0.2, 0.25) is 0 Å². The number of aliphatic hydroxyl groups excluding tert-OH is 1. The highest BCUT2D eigenvalue weighted by Crippen LogP contribution is 2.47. The topological polar surface area (TPSA) is 122 Å². The second-order valence-electron chi connectivity index (χ2n) is 12.0. The number of nitriles is 1. The Labute approximate surface area is 245 Å². The normalized spacial score (nSPS) is 22.4. The molecule has 0 spiro atoms. The van der Waals surface area contributed by atoms with Gasteiger partial charge in [-0.3, -0.25) is 29.4 Å². The lowest BCUT2D eigenvalue weighted by molar-refractivity contribution is -0.199. The molecule has 232 valence electrons. The van der Waals surface area contributed by atoms with Crippen LogP contribution in [0, 0.1) is 11.5 Å². The van der Waals surface area contributed by atoms with Crippen molar-refractivity contribution >= 4 is 17.5 Å². The minimum atomic E-state index is -5.53. The quantitative estimate of drug-likeness (QED) is 0.373. The van der Waals surface area contributed by atoms with Gasteiger partial charge < -0.3 is 10.4 Å². The van der Waals surface area contributed by atoms with Crippen molar-refractivity contribution in [1.82, 2.24) is 20.2 Å². The number of likely N-dealkylation sites (tertiary alicyclic amines) is 1. The number of anilines is 1. The van der Waals surface area contributed by atoms with E-state index in [2.05, 4.69) is 15.3 Å². The van der Waals surface area contributed by atoms with E-state index in [4.69, 9.17) is 0 Å². The number of β-amino-alcohol motifs (C(OH)–C–C–N with tert-alkyl or cyclic N) is 1. The number of aliphatic hydroxyl groups is 1. The zero-order valence-corrected chi connectivity index (χ0v) is 23.9. The van der Waals surface area contributed by atoms with Crippen molar-refractivity contribution in [2.24, 2.45) is 0 Å². The minimum absolute atomic E-state index is 0.267. The number of nitrogens with zero attached hydrogens (tertiary/aromatic N) is 5. The van der Waals surface area contributed by atoms with Crippen LogP contribution in [0.1, 0.15) is 64.1 Å². The summed E-state index contributed by atoms with van der Waals surface area (Å²) >= 11 is 0. The molecule has 2 amide bonds. The average Bonchev–Trinajstić information content (AvgIpc) is 3.32. The maximum atomic E-state index is 15.7. The van der Waals surface area contributed by atoms with Gasteiger partial charge in [0, 0.05) is 43.4 Å². The molecule has 0 radical (unpaired) electrons. The summed E-state index contributed by atoms with van der Waals surface area (Å²) < 4.78 is 74.8. The summed E-state index contributed by atoms with van der Waals surface area (Å²) in [5, 5.41) is 22.2. The van der Waals surface area contributed by atoms with Crippen LogP contribution in [-0.2, 0) is 20.5 Å². The van der Waals surface area contributed by atoms with Crippen molar-refractivity contribution < 1.29 is 36.6 Å². The lowest BCUT2D eigenvalue weighted by Crippen LogP contribution is -2.69. The highest BCUT2D eigenvalue weighted by atomic mass is 19.4. The number of halogens is 5. The predicted molar refractivity (Wildman–Crippen MR) is 144 cm³/mol. The van der Waals surface area contributed by atoms with Crippen LogP contribution in [0.5, 0.6) is 0 Å². The van der Waals surface area contributed by atoms with Crippen LogP contribution in [0.4, 0.5) is 27.6 Å². The summed E-state index contributed by atoms with van der Waals surface area (Å²) in [6, 6.07) is 3.02. The van der Waals surface area contributed by atoms with E-state index < -0.39 is 71.6 Å². The first-order chi connectivity index (χ1) is 20.0. The molecular weight excluding hydrogens is 575 g/mol. The summed E-state index contributed by atoms with van der Waals surface area (Å²) in [4.78, 5) is 37.1. The number of aromatic nitrogens is 2. The van der Waals surface area contributed by atoms with Gasteiger partial charge in [-0.1, -0.05) is 32.9 Å². The summed E-state index contributed by atoms with van der Waals surface area (Å²) in [5.41, 5.74) is -4.77. The smallest absolute Gasteiger partial charge is 0.391 e. The third-order valence-corrected chi connectivity index (χ3v) is 7.96. The lowest BCUT2D eigenvalue weighted by Gasteiger charge is -2.45. The van der Waals surface area contributed by atoms with E-state index in [0.29, 0.717) is 0 Å². The molecule has 1 saturated heterocycles. The second kappa shape index (κ2) is 11.7. The number of benzene rings is 1. The summed E-state index contributed by atoms with van der Waals surface area (Å²) in [6.45, 7) is 5.36. The van der Waals surface area contributed by atoms with Gasteiger partial charge in [0.25, 0.3) is 17.4 Å². The third kappa shape index (κ3) is 6.27. The van der Waals surface area contributed by atoms with Crippen molar-refractivity contribution in [2.75, 3.05) is 11.4 Å². The Balaban J connectivity index is 1.95. The van der Waals surface area contributed by atoms with E-state index in [9.17, 15) is 28.7 Å². The SMILES string of the molecule is CC(C)(C)c1ccc(N(C(=O)[C@H]2C[C@@H](O)CN2C#N)C(C(=O)NC2CCC(F)(F)CC2)(c2cnccn2)C(F)(F)F)cc1. The maximum Gasteiger partial charge on any atom is 0.427 e. The Kier molecular flexibility index (Phi) is 8.70. The number of nitrogens with one attached hydrogen (secondary N) is 1. The summed E-state index contributed by atoms with van der Waals surface area (Å²) in [6.07, 6.45) is -4.40. The summed E-state index contributed by atoms with van der Waals surface area (Å²) in [7, 11) is 0. The Bertz CT molecular complexity index is 1350. The van der Waals surface area contributed by atoms with E-state index >= 15 is 13.2 Å². The summed E-state index contributed by atoms with van der Waals surface area (Å²) in [5.74, 6) is -5.99. The molecule has 3 atom stereocenters. The molecular formula is C29H33F5N6O3. The van der Waals surface area contributed by atoms with Gasteiger partial charge in [0.05, 0.1) is 18.8 Å². The van der Waals surface area contributed by atoms with Gasteiger partial charge in [-0.05, 0) is 36.0 Å². The average molecular weight is 609 g/mol. The van der Waals surface area contributed by atoms with Crippen LogP contribution < -0.4 is 10.2 Å². The Hall–Kier alpha value is -3.86. The number of carbonyl (C=O) groups excluding carboxylic acids is 2. The van der Waals surface area contributed by atoms with Crippen molar-refractivity contribution in [1.29, 1.82) is 5.26 Å². The molecule has 9 nitrogen and oxygen atoms in total. The molecule has 2 heterocycles. The second-order valence-corrected chi connectivity index (χ2v) is 12.0. The van der Waals surface area contributed by atoms with Gasteiger partial charge in [0.2, 0.25) is 5.92 Å². The van der Waals surface area contributed by atoms with E-state index in [0.717, 1.165) is 29.1 Å². The van der Waals surface area contributed by atoms with Gasteiger partial charge in [-0.15, -0.1) is 0 Å². The fourth-order valence-corrected chi connectivity index (χ4v) is 5.60. The number of rotatable bonds is 6. The molecule has 14 heteroatoms. The van der Waals surface area contributed by atoms with Crippen molar-refractivity contribution in [2.45, 2.75) is 94.1 Å². The monoisotopic (exact) mass is 608 g/mol. The highest BCUT2D eigenvalue weighted by molar-refractivity contribution is 6.07. The number of amides is 2. The molecule has 43 heavy (non-hydrogen) atoms. The molecule has 2 N–H and O–H groups in total. The van der Waals surface area contributed by atoms with E-state index in [1.54, 1.807) is 6.19 Å². The molecule has 1 aliphatic carbocycles. The van der Waals surface area contributed by atoms with Crippen LogP contribution in [-0.4, -0.2) is 68.6 Å². The molecule has 4 rings (SSSR count). The van der Waals surface area contributed by atoms with E-state index in [1.165, 1.54) is 24.3 Å². The molecule has 0 bridgehead atoms. The third-order valence-electron chi connectivity index (χ3n) is 7.96. The van der Waals surface area contributed by atoms with Crippen LogP contribution in [0.25, 0.3) is 0 Å². The Morgan fingerprint density at radius 3 is 2.26 bits per heavy atom. The van der Waals surface area contributed by atoms with Gasteiger partial charge >= 0.3 is 6.18 Å². The molecule has 1 aromatic carbocycles. The van der Waals surface area contributed by atoms with Crippen LogP contribution >= 0.6 is 0 Å².